The van der Waals surface area contributed by atoms with Crippen LogP contribution in [0.2, 0.25) is 0 Å². The van der Waals surface area contributed by atoms with Crippen LogP contribution in [0.15, 0.2) is 60.8 Å². The molecular formula is C22H22N4O3. The van der Waals surface area contributed by atoms with Crippen LogP contribution >= 0.6 is 0 Å². The van der Waals surface area contributed by atoms with Gasteiger partial charge in [0.25, 0.3) is 0 Å². The van der Waals surface area contributed by atoms with Crippen LogP contribution in [0.1, 0.15) is 10.4 Å². The molecule has 1 saturated heterocycles. The first-order chi connectivity index (χ1) is 14.2. The van der Waals surface area contributed by atoms with Gasteiger partial charge in [-0.15, -0.1) is 0 Å². The lowest BCUT2D eigenvalue weighted by Crippen LogP contribution is -2.47. The van der Waals surface area contributed by atoms with Crippen molar-refractivity contribution in [2.75, 3.05) is 43.1 Å². The SMILES string of the molecule is COc1ccccc1N1CCN(c2nc(-c3ccccc3)ncc2C(=O)O)CC1. The van der Waals surface area contributed by atoms with Gasteiger partial charge in [0.1, 0.15) is 17.1 Å². The van der Waals surface area contributed by atoms with Gasteiger partial charge in [-0.1, -0.05) is 42.5 Å². The number of piperazine rings is 1. The number of nitrogens with zero attached hydrogens (tertiary/aromatic N) is 4. The molecule has 7 heteroatoms. The topological polar surface area (TPSA) is 78.8 Å². The van der Waals surface area contributed by atoms with Crippen LogP contribution in [0.4, 0.5) is 11.5 Å². The highest BCUT2D eigenvalue weighted by Crippen LogP contribution is 2.30. The van der Waals surface area contributed by atoms with E-state index in [4.69, 9.17) is 4.74 Å². The minimum atomic E-state index is -1.02. The molecule has 0 amide bonds. The highest BCUT2D eigenvalue weighted by atomic mass is 16.5. The Balaban J connectivity index is 1.59. The third-order valence-electron chi connectivity index (χ3n) is 5.04. The van der Waals surface area contributed by atoms with Crippen LogP contribution < -0.4 is 14.5 Å². The van der Waals surface area contributed by atoms with Gasteiger partial charge in [-0.2, -0.15) is 0 Å². The molecule has 0 atom stereocenters. The summed E-state index contributed by atoms with van der Waals surface area (Å²) in [5.74, 6) is 0.802. The van der Waals surface area contributed by atoms with Gasteiger partial charge in [-0.3, -0.25) is 0 Å². The average molecular weight is 390 g/mol. The maximum Gasteiger partial charge on any atom is 0.341 e. The first-order valence-electron chi connectivity index (χ1n) is 9.46. The lowest BCUT2D eigenvalue weighted by Gasteiger charge is -2.37. The van der Waals surface area contributed by atoms with E-state index in [0.29, 0.717) is 24.7 Å². The van der Waals surface area contributed by atoms with E-state index in [-0.39, 0.29) is 5.56 Å². The van der Waals surface area contributed by atoms with Crippen molar-refractivity contribution in [1.29, 1.82) is 0 Å². The van der Waals surface area contributed by atoms with E-state index in [2.05, 4.69) is 14.9 Å². The summed E-state index contributed by atoms with van der Waals surface area (Å²) in [7, 11) is 1.67. The van der Waals surface area contributed by atoms with Crippen molar-refractivity contribution < 1.29 is 14.6 Å². The zero-order valence-electron chi connectivity index (χ0n) is 16.2. The Hall–Kier alpha value is -3.61. The number of anilines is 2. The minimum absolute atomic E-state index is 0.121. The van der Waals surface area contributed by atoms with Crippen LogP contribution in [0, 0.1) is 0 Å². The summed E-state index contributed by atoms with van der Waals surface area (Å²) in [4.78, 5) is 24.9. The summed E-state index contributed by atoms with van der Waals surface area (Å²) in [5.41, 5.74) is 2.02. The molecule has 4 rings (SSSR count). The fraction of sp³-hybridized carbons (Fsp3) is 0.227. The van der Waals surface area contributed by atoms with E-state index < -0.39 is 5.97 Å². The average Bonchev–Trinajstić information content (AvgIpc) is 2.79. The second-order valence-electron chi connectivity index (χ2n) is 6.75. The maximum absolute atomic E-state index is 11.7. The molecule has 1 aliphatic heterocycles. The lowest BCUT2D eigenvalue weighted by molar-refractivity contribution is 0.0696. The zero-order valence-corrected chi connectivity index (χ0v) is 16.2. The van der Waals surface area contributed by atoms with E-state index in [1.54, 1.807) is 7.11 Å². The third-order valence-corrected chi connectivity index (χ3v) is 5.04. The first kappa shape index (κ1) is 18.7. The number of carboxylic acids is 1. The normalized spacial score (nSPS) is 14.0. The molecule has 0 unspecified atom stereocenters. The number of rotatable bonds is 5. The van der Waals surface area contributed by atoms with Crippen molar-refractivity contribution in [3.8, 4) is 17.1 Å². The number of carboxylic acid groups (broad SMARTS) is 1. The van der Waals surface area contributed by atoms with Crippen LogP contribution in [0.5, 0.6) is 5.75 Å². The zero-order chi connectivity index (χ0) is 20.2. The van der Waals surface area contributed by atoms with Crippen molar-refractivity contribution in [1.82, 2.24) is 9.97 Å². The summed E-state index contributed by atoms with van der Waals surface area (Å²) in [5, 5.41) is 9.62. The van der Waals surface area contributed by atoms with Gasteiger partial charge in [0.05, 0.1) is 12.8 Å². The van der Waals surface area contributed by atoms with Gasteiger partial charge in [0.15, 0.2) is 5.82 Å². The molecule has 2 aromatic carbocycles. The molecule has 0 bridgehead atoms. The van der Waals surface area contributed by atoms with Crippen LogP contribution in [0.3, 0.4) is 0 Å². The Morgan fingerprint density at radius 3 is 2.31 bits per heavy atom. The van der Waals surface area contributed by atoms with Gasteiger partial charge in [0.2, 0.25) is 0 Å². The number of ether oxygens (including phenoxy) is 1. The van der Waals surface area contributed by atoms with Gasteiger partial charge in [0, 0.05) is 37.9 Å². The van der Waals surface area contributed by atoms with Gasteiger partial charge < -0.3 is 19.6 Å². The lowest BCUT2D eigenvalue weighted by atomic mass is 10.2. The molecule has 0 saturated carbocycles. The molecule has 7 nitrogen and oxygen atoms in total. The quantitative estimate of drug-likeness (QED) is 0.717. The summed E-state index contributed by atoms with van der Waals surface area (Å²) < 4.78 is 5.47. The van der Waals surface area contributed by atoms with E-state index in [1.807, 2.05) is 59.5 Å². The number of aromatic carboxylic acids is 1. The van der Waals surface area contributed by atoms with Crippen LogP contribution in [0.25, 0.3) is 11.4 Å². The minimum Gasteiger partial charge on any atom is -0.495 e. The molecule has 0 aliphatic carbocycles. The van der Waals surface area contributed by atoms with Gasteiger partial charge in [-0.25, -0.2) is 14.8 Å². The monoisotopic (exact) mass is 390 g/mol. The van der Waals surface area contributed by atoms with E-state index in [1.165, 1.54) is 6.20 Å². The smallest absolute Gasteiger partial charge is 0.341 e. The first-order valence-corrected chi connectivity index (χ1v) is 9.46. The number of hydrogen-bond donors (Lipinski definition) is 1. The van der Waals surface area contributed by atoms with Gasteiger partial charge in [-0.05, 0) is 12.1 Å². The molecule has 1 N–H and O–H groups in total. The van der Waals surface area contributed by atoms with E-state index in [9.17, 15) is 9.90 Å². The molecule has 1 fully saturated rings. The largest absolute Gasteiger partial charge is 0.495 e. The Bertz CT molecular complexity index is 1000. The van der Waals surface area contributed by atoms with Crippen LogP contribution in [-0.2, 0) is 0 Å². The molecule has 2 heterocycles. The van der Waals surface area contributed by atoms with Crippen molar-refractivity contribution in [2.45, 2.75) is 0 Å². The molecule has 1 aromatic heterocycles. The fourth-order valence-electron chi connectivity index (χ4n) is 3.54. The maximum atomic E-state index is 11.7. The Morgan fingerprint density at radius 1 is 0.966 bits per heavy atom. The number of benzene rings is 2. The van der Waals surface area contributed by atoms with Crippen LogP contribution in [-0.4, -0.2) is 54.3 Å². The second kappa shape index (κ2) is 8.18. The summed E-state index contributed by atoms with van der Waals surface area (Å²) in [6.07, 6.45) is 1.40. The number of hydrogen-bond acceptors (Lipinski definition) is 6. The molecule has 3 aromatic rings. The molecule has 148 valence electrons. The predicted octanol–water partition coefficient (Wildman–Crippen LogP) is 3.18. The highest BCUT2D eigenvalue weighted by molar-refractivity contribution is 5.93. The second-order valence-corrected chi connectivity index (χ2v) is 6.75. The molecule has 0 radical (unpaired) electrons. The molecule has 0 spiro atoms. The Morgan fingerprint density at radius 2 is 1.62 bits per heavy atom. The number of carbonyl (C=O) groups is 1. The number of para-hydroxylation sites is 2. The summed E-state index contributed by atoms with van der Waals surface area (Å²) >= 11 is 0. The number of aromatic nitrogens is 2. The number of methoxy groups -OCH3 is 1. The Labute approximate surface area is 169 Å². The van der Waals surface area contributed by atoms with E-state index in [0.717, 1.165) is 30.1 Å². The van der Waals surface area contributed by atoms with Crippen molar-refractivity contribution in [3.63, 3.8) is 0 Å². The third kappa shape index (κ3) is 3.85. The molecule has 29 heavy (non-hydrogen) atoms. The summed E-state index contributed by atoms with van der Waals surface area (Å²) in [6.45, 7) is 2.79. The summed E-state index contributed by atoms with van der Waals surface area (Å²) in [6, 6.07) is 17.5. The fourth-order valence-corrected chi connectivity index (χ4v) is 3.54. The van der Waals surface area contributed by atoms with Crippen molar-refractivity contribution in [3.05, 3.63) is 66.4 Å². The van der Waals surface area contributed by atoms with Crippen molar-refractivity contribution >= 4 is 17.5 Å². The molecule has 1 aliphatic rings. The van der Waals surface area contributed by atoms with Gasteiger partial charge >= 0.3 is 5.97 Å². The highest BCUT2D eigenvalue weighted by Gasteiger charge is 2.25. The van der Waals surface area contributed by atoms with E-state index >= 15 is 0 Å². The predicted molar refractivity (Wildman–Crippen MR) is 112 cm³/mol. The standard InChI is InChI=1S/C22H22N4O3/c1-29-19-10-6-5-9-18(19)25-11-13-26(14-12-25)21-17(22(27)28)15-23-20(24-21)16-7-3-2-4-8-16/h2-10,15H,11-14H2,1H3,(H,27,28). The molecular weight excluding hydrogens is 368 g/mol. The van der Waals surface area contributed by atoms with Crippen molar-refractivity contribution in [2.24, 2.45) is 0 Å². The Kier molecular flexibility index (Phi) is 5.29.